The van der Waals surface area contributed by atoms with Gasteiger partial charge in [0.25, 0.3) is 0 Å². The van der Waals surface area contributed by atoms with Gasteiger partial charge in [0.2, 0.25) is 5.91 Å². The van der Waals surface area contributed by atoms with Crippen LogP contribution in [0.25, 0.3) is 0 Å². The van der Waals surface area contributed by atoms with Gasteiger partial charge in [-0.2, -0.15) is 0 Å². The van der Waals surface area contributed by atoms with E-state index < -0.39 is 0 Å². The number of aryl methyl sites for hydroxylation is 1. The number of amides is 1. The molecule has 1 amide bonds. The van der Waals surface area contributed by atoms with Crippen LogP contribution in [0.4, 0.5) is 0 Å². The van der Waals surface area contributed by atoms with Gasteiger partial charge in [0.15, 0.2) is 5.82 Å². The number of nitrogens with zero attached hydrogens (tertiary/aromatic N) is 5. The van der Waals surface area contributed by atoms with Crippen molar-refractivity contribution in [3.8, 4) is 0 Å². The zero-order chi connectivity index (χ0) is 18.2. The van der Waals surface area contributed by atoms with E-state index in [9.17, 15) is 4.79 Å². The van der Waals surface area contributed by atoms with Crippen molar-refractivity contribution in [3.63, 3.8) is 0 Å². The van der Waals surface area contributed by atoms with Gasteiger partial charge in [-0.05, 0) is 49.1 Å². The van der Waals surface area contributed by atoms with E-state index in [-0.39, 0.29) is 11.9 Å². The van der Waals surface area contributed by atoms with Gasteiger partial charge in [-0.25, -0.2) is 0 Å². The maximum absolute atomic E-state index is 13.1. The molecule has 0 unspecified atom stereocenters. The number of aromatic nitrogens is 3. The largest absolute Gasteiger partial charge is 0.331 e. The number of hydrogen-bond donors (Lipinski definition) is 0. The minimum absolute atomic E-state index is 0.110. The minimum atomic E-state index is 0.110. The van der Waals surface area contributed by atoms with Crippen LogP contribution in [0, 0.1) is 0 Å². The van der Waals surface area contributed by atoms with Gasteiger partial charge >= 0.3 is 0 Å². The molecule has 0 saturated carbocycles. The third-order valence-electron chi connectivity index (χ3n) is 6.25. The summed E-state index contributed by atoms with van der Waals surface area (Å²) in [6, 6.07) is 2.32. The number of carbonyl (C=O) groups is 1. The Morgan fingerprint density at radius 1 is 1.11 bits per heavy atom. The van der Waals surface area contributed by atoms with E-state index in [4.69, 9.17) is 0 Å². The molecule has 1 saturated heterocycles. The van der Waals surface area contributed by atoms with Crippen LogP contribution in [0.15, 0.2) is 11.4 Å². The maximum atomic E-state index is 13.1. The highest BCUT2D eigenvalue weighted by atomic mass is 32.1. The first-order valence-corrected chi connectivity index (χ1v) is 11.2. The van der Waals surface area contributed by atoms with Gasteiger partial charge in [0, 0.05) is 37.5 Å². The molecule has 5 rings (SSSR count). The molecule has 3 aliphatic rings. The average Bonchev–Trinajstić information content (AvgIpc) is 3.38. The lowest BCUT2D eigenvalue weighted by Crippen LogP contribution is -2.42. The topological polar surface area (TPSA) is 54.3 Å². The van der Waals surface area contributed by atoms with Crippen LogP contribution in [0.3, 0.4) is 0 Å². The summed E-state index contributed by atoms with van der Waals surface area (Å²) in [5.74, 6) is 2.39. The van der Waals surface area contributed by atoms with Crippen molar-refractivity contribution in [1.29, 1.82) is 0 Å². The van der Waals surface area contributed by atoms with Crippen LogP contribution < -0.4 is 0 Å². The molecule has 0 spiro atoms. The SMILES string of the molecule is O=C(CN1CCc2sccc2C1)N1CCC[C@@H]1c1nnc2n1CCCCC2. The number of carbonyl (C=O) groups excluding carboxylic acids is 1. The second-order valence-electron chi connectivity index (χ2n) is 8.01. The molecule has 5 heterocycles. The molecule has 144 valence electrons. The smallest absolute Gasteiger partial charge is 0.237 e. The molecular weight excluding hydrogens is 358 g/mol. The summed E-state index contributed by atoms with van der Waals surface area (Å²) in [5, 5.41) is 11.2. The summed E-state index contributed by atoms with van der Waals surface area (Å²) in [6.45, 7) is 4.26. The molecule has 1 fully saturated rings. The van der Waals surface area contributed by atoms with Crippen molar-refractivity contribution in [2.45, 2.75) is 64.1 Å². The molecular formula is C20H27N5OS. The first-order valence-electron chi connectivity index (χ1n) is 10.3. The molecule has 3 aliphatic heterocycles. The summed E-state index contributed by atoms with van der Waals surface area (Å²) in [6.07, 6.45) is 7.81. The van der Waals surface area contributed by atoms with Crippen LogP contribution >= 0.6 is 11.3 Å². The third kappa shape index (κ3) is 3.31. The van der Waals surface area contributed by atoms with Crippen molar-refractivity contribution >= 4 is 17.2 Å². The highest BCUT2D eigenvalue weighted by molar-refractivity contribution is 7.10. The normalized spacial score (nSPS) is 23.1. The van der Waals surface area contributed by atoms with E-state index in [0.29, 0.717) is 6.54 Å². The summed E-state index contributed by atoms with van der Waals surface area (Å²) in [5.41, 5.74) is 1.40. The van der Waals surface area contributed by atoms with Crippen LogP contribution in [-0.2, 0) is 30.7 Å². The number of rotatable bonds is 3. The number of likely N-dealkylation sites (tertiary alicyclic amines) is 1. The summed E-state index contributed by atoms with van der Waals surface area (Å²) < 4.78 is 2.31. The average molecular weight is 386 g/mol. The van der Waals surface area contributed by atoms with Gasteiger partial charge in [-0.15, -0.1) is 21.5 Å². The van der Waals surface area contributed by atoms with E-state index in [2.05, 4.69) is 36.0 Å². The fourth-order valence-electron chi connectivity index (χ4n) is 4.81. The molecule has 1 atom stereocenters. The van der Waals surface area contributed by atoms with Crippen molar-refractivity contribution in [1.82, 2.24) is 24.6 Å². The molecule has 2 aromatic heterocycles. The van der Waals surface area contributed by atoms with Gasteiger partial charge in [-0.1, -0.05) is 6.42 Å². The molecule has 0 aliphatic carbocycles. The fourth-order valence-corrected chi connectivity index (χ4v) is 5.70. The van der Waals surface area contributed by atoms with Crippen molar-refractivity contribution in [2.24, 2.45) is 0 Å². The molecule has 6 nitrogen and oxygen atoms in total. The Hall–Kier alpha value is -1.73. The summed E-state index contributed by atoms with van der Waals surface area (Å²) in [4.78, 5) is 19.0. The molecule has 0 aromatic carbocycles. The lowest BCUT2D eigenvalue weighted by Gasteiger charge is -2.30. The van der Waals surface area contributed by atoms with E-state index in [1.165, 1.54) is 29.7 Å². The molecule has 0 bridgehead atoms. The van der Waals surface area contributed by atoms with Crippen LogP contribution in [-0.4, -0.2) is 50.1 Å². The van der Waals surface area contributed by atoms with E-state index >= 15 is 0 Å². The Balaban J connectivity index is 1.30. The predicted molar refractivity (Wildman–Crippen MR) is 105 cm³/mol. The molecule has 27 heavy (non-hydrogen) atoms. The van der Waals surface area contributed by atoms with Gasteiger partial charge < -0.3 is 9.47 Å². The minimum Gasteiger partial charge on any atom is -0.331 e. The van der Waals surface area contributed by atoms with Gasteiger partial charge in [0.05, 0.1) is 12.6 Å². The molecule has 7 heteroatoms. The van der Waals surface area contributed by atoms with E-state index in [0.717, 1.165) is 63.5 Å². The molecule has 0 N–H and O–H groups in total. The van der Waals surface area contributed by atoms with E-state index in [1.807, 2.05) is 11.3 Å². The lowest BCUT2D eigenvalue weighted by molar-refractivity contribution is -0.133. The molecule has 0 radical (unpaired) electrons. The predicted octanol–water partition coefficient (Wildman–Crippen LogP) is 2.79. The highest BCUT2D eigenvalue weighted by Crippen LogP contribution is 2.33. The first-order chi connectivity index (χ1) is 13.3. The van der Waals surface area contributed by atoms with Gasteiger partial charge in [0.1, 0.15) is 5.82 Å². The van der Waals surface area contributed by atoms with Gasteiger partial charge in [-0.3, -0.25) is 9.69 Å². The number of fused-ring (bicyclic) bond motifs is 2. The van der Waals surface area contributed by atoms with E-state index in [1.54, 1.807) is 0 Å². The van der Waals surface area contributed by atoms with Crippen molar-refractivity contribution in [2.75, 3.05) is 19.6 Å². The fraction of sp³-hybridized carbons (Fsp3) is 0.650. The highest BCUT2D eigenvalue weighted by Gasteiger charge is 2.35. The summed E-state index contributed by atoms with van der Waals surface area (Å²) >= 11 is 1.85. The standard InChI is InChI=1S/C20H27N5OS/c26-19(14-23-11-7-17-15(13-23)8-12-27-17)24-10-4-5-16(24)20-22-21-18-6-2-1-3-9-25(18)20/h8,12,16H,1-7,9-11,13-14H2/t16-/m1/s1. The zero-order valence-corrected chi connectivity index (χ0v) is 16.6. The molecule has 2 aromatic rings. The van der Waals surface area contributed by atoms with Crippen LogP contribution in [0.1, 0.15) is 60.2 Å². The Bertz CT molecular complexity index is 828. The lowest BCUT2D eigenvalue weighted by atomic mass is 10.1. The van der Waals surface area contributed by atoms with Crippen molar-refractivity contribution in [3.05, 3.63) is 33.5 Å². The maximum Gasteiger partial charge on any atom is 0.237 e. The quantitative estimate of drug-likeness (QED) is 0.815. The van der Waals surface area contributed by atoms with Crippen LogP contribution in [0.5, 0.6) is 0 Å². The van der Waals surface area contributed by atoms with Crippen LogP contribution in [0.2, 0.25) is 0 Å². The third-order valence-corrected chi connectivity index (χ3v) is 7.28. The van der Waals surface area contributed by atoms with Crippen molar-refractivity contribution < 1.29 is 4.79 Å². The zero-order valence-electron chi connectivity index (χ0n) is 15.8. The number of hydrogen-bond acceptors (Lipinski definition) is 5. The number of thiophene rings is 1. The first kappa shape index (κ1) is 17.4. The summed E-state index contributed by atoms with van der Waals surface area (Å²) in [7, 11) is 0. The monoisotopic (exact) mass is 385 g/mol. The Morgan fingerprint density at radius 2 is 2.07 bits per heavy atom. The Kier molecular flexibility index (Phi) is 4.73. The Labute approximate surface area is 164 Å². The second kappa shape index (κ2) is 7.36. The Morgan fingerprint density at radius 3 is 3.04 bits per heavy atom. The second-order valence-corrected chi connectivity index (χ2v) is 9.01.